The summed E-state index contributed by atoms with van der Waals surface area (Å²) >= 11 is 3.46. The molecular weight excluding hydrogens is 380 g/mol. The number of fused-ring (bicyclic) bond motifs is 1. The first kappa shape index (κ1) is 17.4. The number of carbonyl (C=O) groups excluding carboxylic acids is 2. The number of nitrogens with zero attached hydrogens (tertiary/aromatic N) is 1. The summed E-state index contributed by atoms with van der Waals surface area (Å²) in [6.07, 6.45) is 0.856. The smallest absolute Gasteiger partial charge is 0.244 e. The Morgan fingerprint density at radius 3 is 2.44 bits per heavy atom. The molecular formula is C20H19BrN2O2. The van der Waals surface area contributed by atoms with Crippen LogP contribution in [-0.2, 0) is 11.3 Å². The lowest BCUT2D eigenvalue weighted by Crippen LogP contribution is -2.20. The molecule has 0 aliphatic heterocycles. The Hall–Kier alpha value is -2.40. The topological polar surface area (TPSA) is 51.1 Å². The Bertz CT molecular complexity index is 966. The minimum Gasteiger partial charge on any atom is -0.335 e. The number of halogens is 1. The van der Waals surface area contributed by atoms with Crippen molar-refractivity contribution in [2.24, 2.45) is 0 Å². The van der Waals surface area contributed by atoms with Gasteiger partial charge in [-0.15, -0.1) is 0 Å². The monoisotopic (exact) mass is 398 g/mol. The molecule has 0 spiro atoms. The number of benzene rings is 2. The molecule has 4 nitrogen and oxygen atoms in total. The molecule has 3 aromatic rings. The zero-order valence-electron chi connectivity index (χ0n) is 14.4. The number of aldehydes is 1. The average Bonchev–Trinajstić information content (AvgIpc) is 2.83. The van der Waals surface area contributed by atoms with Gasteiger partial charge in [0.25, 0.3) is 0 Å². The van der Waals surface area contributed by atoms with Crippen LogP contribution in [0, 0.1) is 20.8 Å². The predicted molar refractivity (Wildman–Crippen MR) is 104 cm³/mol. The van der Waals surface area contributed by atoms with Gasteiger partial charge in [-0.2, -0.15) is 0 Å². The predicted octanol–water partition coefficient (Wildman–Crippen LogP) is 4.78. The molecule has 1 N–H and O–H groups in total. The molecule has 1 amide bonds. The number of anilines is 1. The summed E-state index contributed by atoms with van der Waals surface area (Å²) in [5.41, 5.74) is 5.17. The van der Waals surface area contributed by atoms with Gasteiger partial charge in [0.1, 0.15) is 6.54 Å². The molecule has 5 heteroatoms. The Morgan fingerprint density at radius 2 is 1.80 bits per heavy atom. The van der Waals surface area contributed by atoms with Crippen LogP contribution in [0.3, 0.4) is 0 Å². The van der Waals surface area contributed by atoms with E-state index in [2.05, 4.69) is 21.2 Å². The van der Waals surface area contributed by atoms with Crippen LogP contribution in [0.15, 0.2) is 40.9 Å². The van der Waals surface area contributed by atoms with Gasteiger partial charge in [0, 0.05) is 32.3 Å². The maximum atomic E-state index is 12.6. The van der Waals surface area contributed by atoms with Crippen LogP contribution in [0.4, 0.5) is 5.69 Å². The number of aryl methyl sites for hydroxylation is 2. The summed E-state index contributed by atoms with van der Waals surface area (Å²) in [5, 5.41) is 3.88. The van der Waals surface area contributed by atoms with Crippen molar-refractivity contribution < 1.29 is 9.59 Å². The van der Waals surface area contributed by atoms with Gasteiger partial charge in [-0.1, -0.05) is 34.1 Å². The fourth-order valence-electron chi connectivity index (χ4n) is 3.24. The normalized spacial score (nSPS) is 10.9. The first-order chi connectivity index (χ1) is 11.9. The highest BCUT2D eigenvalue weighted by Gasteiger charge is 2.16. The molecule has 0 atom stereocenters. The molecule has 0 radical (unpaired) electrons. The lowest BCUT2D eigenvalue weighted by molar-refractivity contribution is -0.116. The molecule has 0 saturated carbocycles. The van der Waals surface area contributed by atoms with Crippen molar-refractivity contribution in [2.45, 2.75) is 27.3 Å². The van der Waals surface area contributed by atoms with E-state index in [0.717, 1.165) is 44.2 Å². The molecule has 25 heavy (non-hydrogen) atoms. The Morgan fingerprint density at radius 1 is 1.16 bits per heavy atom. The van der Waals surface area contributed by atoms with Crippen molar-refractivity contribution >= 4 is 44.7 Å². The van der Waals surface area contributed by atoms with Crippen LogP contribution in [0.25, 0.3) is 10.9 Å². The van der Waals surface area contributed by atoms with Gasteiger partial charge in [0.05, 0.1) is 0 Å². The van der Waals surface area contributed by atoms with Crippen molar-refractivity contribution in [2.75, 3.05) is 5.32 Å². The van der Waals surface area contributed by atoms with Gasteiger partial charge >= 0.3 is 0 Å². The first-order valence-corrected chi connectivity index (χ1v) is 8.81. The van der Waals surface area contributed by atoms with Gasteiger partial charge in [-0.25, -0.2) is 0 Å². The molecule has 1 aromatic heterocycles. The van der Waals surface area contributed by atoms with Gasteiger partial charge in [0.2, 0.25) is 5.91 Å². The third-order valence-electron chi connectivity index (χ3n) is 4.46. The van der Waals surface area contributed by atoms with Gasteiger partial charge in [-0.3, -0.25) is 9.59 Å². The van der Waals surface area contributed by atoms with Crippen molar-refractivity contribution in [1.82, 2.24) is 4.57 Å². The van der Waals surface area contributed by atoms with Gasteiger partial charge in [0.15, 0.2) is 6.29 Å². The third kappa shape index (κ3) is 3.24. The standard InChI is InChI=1S/C20H19BrN2O2/c1-12-8-15(21)9-13(2)20(12)22-19(25)10-23-14(3)17(11-24)16-6-4-5-7-18(16)23/h4-9,11H,10H2,1-3H3,(H,22,25). The molecule has 0 fully saturated rings. The van der Waals surface area contributed by atoms with Crippen LogP contribution >= 0.6 is 15.9 Å². The summed E-state index contributed by atoms with van der Waals surface area (Å²) in [5.74, 6) is -0.116. The molecule has 0 aliphatic carbocycles. The van der Waals surface area contributed by atoms with Crippen LogP contribution in [-0.4, -0.2) is 16.8 Å². The lowest BCUT2D eigenvalue weighted by atomic mass is 10.1. The average molecular weight is 399 g/mol. The third-order valence-corrected chi connectivity index (χ3v) is 4.92. The van der Waals surface area contributed by atoms with E-state index >= 15 is 0 Å². The number of aromatic nitrogens is 1. The second kappa shape index (κ2) is 6.84. The van der Waals surface area contributed by atoms with E-state index in [1.54, 1.807) is 0 Å². The minimum absolute atomic E-state index is 0.116. The maximum absolute atomic E-state index is 12.6. The largest absolute Gasteiger partial charge is 0.335 e. The Labute approximate surface area is 155 Å². The van der Waals surface area contributed by atoms with E-state index in [1.165, 1.54) is 0 Å². The highest BCUT2D eigenvalue weighted by atomic mass is 79.9. The summed E-state index contributed by atoms with van der Waals surface area (Å²) in [7, 11) is 0. The zero-order valence-corrected chi connectivity index (χ0v) is 16.0. The quantitative estimate of drug-likeness (QED) is 0.642. The fraction of sp³-hybridized carbons (Fsp3) is 0.200. The van der Waals surface area contributed by atoms with Gasteiger partial charge < -0.3 is 9.88 Å². The summed E-state index contributed by atoms with van der Waals surface area (Å²) in [6, 6.07) is 11.6. The summed E-state index contributed by atoms with van der Waals surface area (Å²) < 4.78 is 2.88. The number of hydrogen-bond acceptors (Lipinski definition) is 2. The molecule has 128 valence electrons. The zero-order chi connectivity index (χ0) is 18.1. The number of rotatable bonds is 4. The van der Waals surface area contributed by atoms with Crippen molar-refractivity contribution in [3.05, 3.63) is 63.3 Å². The highest BCUT2D eigenvalue weighted by Crippen LogP contribution is 2.27. The minimum atomic E-state index is -0.116. The lowest BCUT2D eigenvalue weighted by Gasteiger charge is -2.14. The molecule has 0 unspecified atom stereocenters. The number of carbonyl (C=O) groups is 2. The van der Waals surface area contributed by atoms with Crippen LogP contribution < -0.4 is 5.32 Å². The number of para-hydroxylation sites is 1. The van der Waals surface area contributed by atoms with Crippen LogP contribution in [0.2, 0.25) is 0 Å². The SMILES string of the molecule is Cc1cc(Br)cc(C)c1NC(=O)Cn1c(C)c(C=O)c2ccccc21. The second-order valence-corrected chi connectivity index (χ2v) is 7.10. The molecule has 2 aromatic carbocycles. The molecule has 0 bridgehead atoms. The highest BCUT2D eigenvalue weighted by molar-refractivity contribution is 9.10. The fourth-order valence-corrected chi connectivity index (χ4v) is 3.93. The molecule has 0 aliphatic rings. The first-order valence-electron chi connectivity index (χ1n) is 8.02. The maximum Gasteiger partial charge on any atom is 0.244 e. The summed E-state index contributed by atoms with van der Waals surface area (Å²) in [6.45, 7) is 5.96. The number of amides is 1. The second-order valence-electron chi connectivity index (χ2n) is 6.18. The van der Waals surface area contributed by atoms with E-state index in [4.69, 9.17) is 0 Å². The van der Waals surface area contributed by atoms with Gasteiger partial charge in [-0.05, 0) is 50.1 Å². The van der Waals surface area contributed by atoms with E-state index < -0.39 is 0 Å². The van der Waals surface area contributed by atoms with E-state index in [1.807, 2.05) is 61.7 Å². The molecule has 1 heterocycles. The molecule has 0 saturated heterocycles. The Kier molecular flexibility index (Phi) is 4.77. The van der Waals surface area contributed by atoms with E-state index in [0.29, 0.717) is 5.56 Å². The van der Waals surface area contributed by atoms with Crippen molar-refractivity contribution in [1.29, 1.82) is 0 Å². The summed E-state index contributed by atoms with van der Waals surface area (Å²) in [4.78, 5) is 24.1. The van der Waals surface area contributed by atoms with Crippen LogP contribution in [0.5, 0.6) is 0 Å². The van der Waals surface area contributed by atoms with E-state index in [-0.39, 0.29) is 12.5 Å². The number of hydrogen-bond donors (Lipinski definition) is 1. The Balaban J connectivity index is 1.94. The number of nitrogens with one attached hydrogen (secondary N) is 1. The van der Waals surface area contributed by atoms with Crippen molar-refractivity contribution in [3.63, 3.8) is 0 Å². The molecule has 3 rings (SSSR count). The van der Waals surface area contributed by atoms with Crippen molar-refractivity contribution in [3.8, 4) is 0 Å². The van der Waals surface area contributed by atoms with Crippen LogP contribution in [0.1, 0.15) is 27.2 Å². The van der Waals surface area contributed by atoms with E-state index in [9.17, 15) is 9.59 Å².